The van der Waals surface area contributed by atoms with Crippen LogP contribution < -0.4 is 5.73 Å². The average molecular weight is 278 g/mol. The first-order chi connectivity index (χ1) is 8.91. The Morgan fingerprint density at radius 2 is 2.21 bits per heavy atom. The van der Waals surface area contributed by atoms with Crippen molar-refractivity contribution in [3.05, 3.63) is 11.6 Å². The quantitative estimate of drug-likeness (QED) is 0.773. The fraction of sp³-hybridized carbons (Fsp3) is 0.750. The Bertz CT molecular complexity index is 382. The van der Waals surface area contributed by atoms with Crippen molar-refractivity contribution >= 4 is 5.91 Å². The number of carbonyl (C=O) groups is 1. The molecule has 2 rings (SSSR count). The van der Waals surface area contributed by atoms with Gasteiger partial charge in [-0.05, 0) is 19.3 Å². The number of carbonyl (C=O) groups excluding carboxylic acids is 1. The molecule has 2 atom stereocenters. The number of alkyl halides is 3. The van der Waals surface area contributed by atoms with Gasteiger partial charge in [0.1, 0.15) is 6.10 Å². The third kappa shape index (κ3) is 3.27. The standard InChI is InChI=1S/C12H17F3N2O2/c13-12(14,15)8-3-5-17(6-4-8)11(18)10-2-1-9(7-16)19-10/h3,9-10H,1-2,4-7,16H2. The van der Waals surface area contributed by atoms with Crippen LogP contribution in [-0.4, -0.2) is 48.8 Å². The molecule has 2 aliphatic rings. The van der Waals surface area contributed by atoms with Gasteiger partial charge in [-0.15, -0.1) is 0 Å². The normalized spacial score (nSPS) is 28.4. The minimum atomic E-state index is -4.29. The molecule has 0 aromatic heterocycles. The molecule has 0 spiro atoms. The zero-order chi connectivity index (χ0) is 14.0. The maximum Gasteiger partial charge on any atom is 0.412 e. The summed E-state index contributed by atoms with van der Waals surface area (Å²) in [6.07, 6.45) is -2.70. The Morgan fingerprint density at radius 3 is 2.68 bits per heavy atom. The van der Waals surface area contributed by atoms with Gasteiger partial charge in [-0.3, -0.25) is 4.79 Å². The molecule has 19 heavy (non-hydrogen) atoms. The van der Waals surface area contributed by atoms with E-state index < -0.39 is 17.9 Å². The predicted octanol–water partition coefficient (Wildman–Crippen LogP) is 1.21. The van der Waals surface area contributed by atoms with E-state index in [1.54, 1.807) is 0 Å². The number of nitrogens with zero attached hydrogens (tertiary/aromatic N) is 1. The van der Waals surface area contributed by atoms with Gasteiger partial charge in [0.05, 0.1) is 6.10 Å². The van der Waals surface area contributed by atoms with Crippen molar-refractivity contribution in [3.8, 4) is 0 Å². The molecular weight excluding hydrogens is 261 g/mol. The van der Waals surface area contributed by atoms with Crippen LogP contribution in [0.1, 0.15) is 19.3 Å². The summed E-state index contributed by atoms with van der Waals surface area (Å²) in [6.45, 7) is 0.458. The lowest BCUT2D eigenvalue weighted by atomic mass is 10.1. The Labute approximate surface area is 109 Å². The van der Waals surface area contributed by atoms with E-state index in [0.29, 0.717) is 13.0 Å². The molecule has 2 unspecified atom stereocenters. The van der Waals surface area contributed by atoms with Crippen LogP contribution in [0.15, 0.2) is 11.6 Å². The summed E-state index contributed by atoms with van der Waals surface area (Å²) in [5.41, 5.74) is 4.90. The molecule has 7 heteroatoms. The molecule has 1 fully saturated rings. The number of amides is 1. The van der Waals surface area contributed by atoms with E-state index in [4.69, 9.17) is 10.5 Å². The minimum Gasteiger partial charge on any atom is -0.364 e. The number of halogens is 3. The maximum atomic E-state index is 12.5. The van der Waals surface area contributed by atoms with Crippen LogP contribution in [0.4, 0.5) is 13.2 Å². The van der Waals surface area contributed by atoms with E-state index in [1.807, 2.05) is 0 Å². The molecule has 0 aromatic rings. The maximum absolute atomic E-state index is 12.5. The first-order valence-corrected chi connectivity index (χ1v) is 6.32. The fourth-order valence-corrected chi connectivity index (χ4v) is 2.39. The molecule has 0 aromatic carbocycles. The number of ether oxygens (including phenoxy) is 1. The second-order valence-electron chi connectivity index (χ2n) is 4.82. The number of hydrogen-bond acceptors (Lipinski definition) is 3. The Balaban J connectivity index is 1.91. The van der Waals surface area contributed by atoms with Gasteiger partial charge in [0.25, 0.3) is 5.91 Å². The molecular formula is C12H17F3N2O2. The van der Waals surface area contributed by atoms with Crippen LogP contribution in [0.25, 0.3) is 0 Å². The van der Waals surface area contributed by atoms with E-state index in [1.165, 1.54) is 4.90 Å². The molecule has 0 aliphatic carbocycles. The van der Waals surface area contributed by atoms with Crippen LogP contribution in [0.3, 0.4) is 0 Å². The van der Waals surface area contributed by atoms with E-state index in [0.717, 1.165) is 12.5 Å². The summed E-state index contributed by atoms with van der Waals surface area (Å²) in [6, 6.07) is 0. The van der Waals surface area contributed by atoms with Gasteiger partial charge in [0.15, 0.2) is 0 Å². The molecule has 2 aliphatic heterocycles. The van der Waals surface area contributed by atoms with Crippen LogP contribution in [0.5, 0.6) is 0 Å². The van der Waals surface area contributed by atoms with Gasteiger partial charge < -0.3 is 15.4 Å². The topological polar surface area (TPSA) is 55.6 Å². The molecule has 1 amide bonds. The summed E-state index contributed by atoms with van der Waals surface area (Å²) in [5, 5.41) is 0. The van der Waals surface area contributed by atoms with Crippen LogP contribution in [0, 0.1) is 0 Å². The summed E-state index contributed by atoms with van der Waals surface area (Å²) in [7, 11) is 0. The smallest absolute Gasteiger partial charge is 0.364 e. The van der Waals surface area contributed by atoms with Gasteiger partial charge in [-0.25, -0.2) is 0 Å². The first-order valence-electron chi connectivity index (χ1n) is 6.32. The van der Waals surface area contributed by atoms with Crippen LogP contribution in [-0.2, 0) is 9.53 Å². The minimum absolute atomic E-state index is 0.000822. The number of hydrogen-bond donors (Lipinski definition) is 1. The summed E-state index contributed by atoms with van der Waals surface area (Å²) in [5.74, 6) is -0.228. The lowest BCUT2D eigenvalue weighted by Gasteiger charge is -2.29. The van der Waals surface area contributed by atoms with Gasteiger partial charge in [0, 0.05) is 25.2 Å². The van der Waals surface area contributed by atoms with Crippen molar-refractivity contribution < 1.29 is 22.7 Å². The van der Waals surface area contributed by atoms with Crippen molar-refractivity contribution in [2.45, 2.75) is 37.6 Å². The number of rotatable bonds is 2. The largest absolute Gasteiger partial charge is 0.412 e. The predicted molar refractivity (Wildman–Crippen MR) is 62.3 cm³/mol. The second-order valence-corrected chi connectivity index (χ2v) is 4.82. The van der Waals surface area contributed by atoms with Crippen LogP contribution in [0.2, 0.25) is 0 Å². The van der Waals surface area contributed by atoms with Crippen molar-refractivity contribution in [3.63, 3.8) is 0 Å². The van der Waals surface area contributed by atoms with Crippen LogP contribution >= 0.6 is 0 Å². The number of nitrogens with two attached hydrogens (primary N) is 1. The van der Waals surface area contributed by atoms with Gasteiger partial charge in [0.2, 0.25) is 0 Å². The van der Waals surface area contributed by atoms with E-state index >= 15 is 0 Å². The van der Waals surface area contributed by atoms with Gasteiger partial charge in [-0.2, -0.15) is 13.2 Å². The molecule has 1 saturated heterocycles. The Morgan fingerprint density at radius 1 is 1.47 bits per heavy atom. The summed E-state index contributed by atoms with van der Waals surface area (Å²) >= 11 is 0. The van der Waals surface area contributed by atoms with Crippen molar-refractivity contribution in [2.24, 2.45) is 5.73 Å². The van der Waals surface area contributed by atoms with Crippen molar-refractivity contribution in [1.82, 2.24) is 4.90 Å². The second kappa shape index (κ2) is 5.50. The molecule has 2 N–H and O–H groups in total. The monoisotopic (exact) mass is 278 g/mol. The van der Waals surface area contributed by atoms with E-state index in [-0.39, 0.29) is 31.5 Å². The van der Waals surface area contributed by atoms with Crippen molar-refractivity contribution in [1.29, 1.82) is 0 Å². The fourth-order valence-electron chi connectivity index (χ4n) is 2.39. The zero-order valence-corrected chi connectivity index (χ0v) is 10.4. The Kier molecular flexibility index (Phi) is 4.15. The highest BCUT2D eigenvalue weighted by Crippen LogP contribution is 2.31. The molecule has 0 radical (unpaired) electrons. The SMILES string of the molecule is NCC1CCC(C(=O)N2CC=C(C(F)(F)F)CC2)O1. The molecule has 4 nitrogen and oxygen atoms in total. The zero-order valence-electron chi connectivity index (χ0n) is 10.4. The average Bonchev–Trinajstić information content (AvgIpc) is 2.86. The Hall–Kier alpha value is -1.08. The highest BCUT2D eigenvalue weighted by molar-refractivity contribution is 5.81. The highest BCUT2D eigenvalue weighted by Gasteiger charge is 2.38. The highest BCUT2D eigenvalue weighted by atomic mass is 19.4. The van der Waals surface area contributed by atoms with Gasteiger partial charge >= 0.3 is 6.18 Å². The lowest BCUT2D eigenvalue weighted by Crippen LogP contribution is -2.42. The molecule has 0 bridgehead atoms. The van der Waals surface area contributed by atoms with Gasteiger partial charge in [-0.1, -0.05) is 6.08 Å². The van der Waals surface area contributed by atoms with Crippen molar-refractivity contribution in [2.75, 3.05) is 19.6 Å². The first kappa shape index (κ1) is 14.3. The van der Waals surface area contributed by atoms with E-state index in [2.05, 4.69) is 0 Å². The molecule has 0 saturated carbocycles. The molecule has 108 valence electrons. The molecule has 2 heterocycles. The third-order valence-electron chi connectivity index (χ3n) is 3.53. The third-order valence-corrected chi connectivity index (χ3v) is 3.53. The lowest BCUT2D eigenvalue weighted by molar-refractivity contribution is -0.143. The summed E-state index contributed by atoms with van der Waals surface area (Å²) in [4.78, 5) is 13.5. The van der Waals surface area contributed by atoms with E-state index in [9.17, 15) is 18.0 Å². The summed E-state index contributed by atoms with van der Waals surface area (Å²) < 4.78 is 42.8.